The van der Waals surface area contributed by atoms with Crippen molar-refractivity contribution in [1.82, 2.24) is 9.62 Å². The van der Waals surface area contributed by atoms with Crippen molar-refractivity contribution in [1.29, 1.82) is 0 Å². The summed E-state index contributed by atoms with van der Waals surface area (Å²) in [5.74, 6) is -3.60. The van der Waals surface area contributed by atoms with Crippen LogP contribution in [0.1, 0.15) is 24.8 Å². The van der Waals surface area contributed by atoms with Crippen LogP contribution in [0.2, 0.25) is 0 Å². The zero-order valence-corrected chi connectivity index (χ0v) is 16.5. The van der Waals surface area contributed by atoms with Gasteiger partial charge in [-0.3, -0.25) is 4.79 Å². The van der Waals surface area contributed by atoms with Crippen LogP contribution in [-0.4, -0.2) is 62.7 Å². The summed E-state index contributed by atoms with van der Waals surface area (Å²) >= 11 is 0. The van der Waals surface area contributed by atoms with E-state index < -0.39 is 45.7 Å². The fraction of sp³-hybridized carbons (Fsp3) is 0.611. The van der Waals surface area contributed by atoms with E-state index in [0.29, 0.717) is 24.2 Å². The summed E-state index contributed by atoms with van der Waals surface area (Å²) in [7, 11) is -1.26. The van der Waals surface area contributed by atoms with Gasteiger partial charge in [0.15, 0.2) is 0 Å². The van der Waals surface area contributed by atoms with Gasteiger partial charge in [-0.1, -0.05) is 12.1 Å². The summed E-state index contributed by atoms with van der Waals surface area (Å²) in [6.07, 6.45) is 0.414. The number of benzene rings is 1. The van der Waals surface area contributed by atoms with Crippen LogP contribution in [0.15, 0.2) is 24.3 Å². The molecule has 1 aliphatic carbocycles. The lowest BCUT2D eigenvalue weighted by atomic mass is 10.0. The molecule has 2 fully saturated rings. The molecule has 1 saturated carbocycles. The Kier molecular flexibility index (Phi) is 5.92. The Bertz CT molecular complexity index is 812. The summed E-state index contributed by atoms with van der Waals surface area (Å²) in [5.41, 5.74) is 0.581. The molecule has 0 aromatic heterocycles. The first-order valence-electron chi connectivity index (χ1n) is 9.01. The lowest BCUT2D eigenvalue weighted by molar-refractivity contribution is -0.144. The van der Waals surface area contributed by atoms with Crippen LogP contribution in [0.3, 0.4) is 0 Å². The average Bonchev–Trinajstić information content (AvgIpc) is 3.48. The van der Waals surface area contributed by atoms with E-state index in [9.17, 15) is 13.2 Å². The molecule has 7 nitrogen and oxygen atoms in total. The molecule has 156 valence electrons. The van der Waals surface area contributed by atoms with Gasteiger partial charge in [0, 0.05) is 13.1 Å². The third-order valence-electron chi connectivity index (χ3n) is 5.18. The molecule has 1 aliphatic heterocycles. The Morgan fingerprint density at radius 2 is 1.89 bits per heavy atom. The SMILES string of the molecule is COC(=O)C[C@H]1NC[C@@H](N(Cc2ccc(OC)cc2)S(=O)(=O)C2CC2)C1(F)F. The number of rotatable bonds is 8. The normalized spacial score (nSPS) is 24.3. The highest BCUT2D eigenvalue weighted by molar-refractivity contribution is 7.90. The van der Waals surface area contributed by atoms with Crippen molar-refractivity contribution < 1.29 is 31.5 Å². The van der Waals surface area contributed by atoms with Gasteiger partial charge in [-0.2, -0.15) is 4.31 Å². The molecule has 1 heterocycles. The number of halogens is 2. The van der Waals surface area contributed by atoms with Crippen molar-refractivity contribution >= 4 is 16.0 Å². The third kappa shape index (κ3) is 4.13. The molecule has 1 aromatic carbocycles. The maximum absolute atomic E-state index is 15.1. The van der Waals surface area contributed by atoms with Crippen LogP contribution in [0.25, 0.3) is 0 Å². The summed E-state index contributed by atoms with van der Waals surface area (Å²) < 4.78 is 66.4. The van der Waals surface area contributed by atoms with Gasteiger partial charge in [-0.25, -0.2) is 17.2 Å². The number of esters is 1. The predicted octanol–water partition coefficient (Wildman–Crippen LogP) is 1.53. The van der Waals surface area contributed by atoms with E-state index in [1.54, 1.807) is 24.3 Å². The monoisotopic (exact) mass is 418 g/mol. The van der Waals surface area contributed by atoms with E-state index in [-0.39, 0.29) is 13.1 Å². The highest BCUT2D eigenvalue weighted by Gasteiger charge is 2.58. The highest BCUT2D eigenvalue weighted by Crippen LogP contribution is 2.40. The van der Waals surface area contributed by atoms with Gasteiger partial charge < -0.3 is 14.8 Å². The Hall–Kier alpha value is -1.78. The van der Waals surface area contributed by atoms with Crippen LogP contribution >= 0.6 is 0 Å². The molecule has 1 aromatic rings. The smallest absolute Gasteiger partial charge is 0.307 e. The van der Waals surface area contributed by atoms with Gasteiger partial charge in [-0.15, -0.1) is 0 Å². The maximum Gasteiger partial charge on any atom is 0.307 e. The van der Waals surface area contributed by atoms with Crippen molar-refractivity contribution in [2.24, 2.45) is 0 Å². The first kappa shape index (κ1) is 20.9. The average molecular weight is 418 g/mol. The molecule has 1 saturated heterocycles. The van der Waals surface area contributed by atoms with Gasteiger partial charge in [0.2, 0.25) is 10.0 Å². The molecule has 28 heavy (non-hydrogen) atoms. The Morgan fingerprint density at radius 3 is 2.43 bits per heavy atom. The minimum absolute atomic E-state index is 0.171. The quantitative estimate of drug-likeness (QED) is 0.645. The predicted molar refractivity (Wildman–Crippen MR) is 97.6 cm³/mol. The zero-order chi connectivity index (χ0) is 20.5. The molecule has 2 aliphatic rings. The van der Waals surface area contributed by atoms with Gasteiger partial charge >= 0.3 is 5.97 Å². The second-order valence-electron chi connectivity index (χ2n) is 7.07. The number of sulfonamides is 1. The number of methoxy groups -OCH3 is 2. The van der Waals surface area contributed by atoms with E-state index in [4.69, 9.17) is 4.74 Å². The summed E-state index contributed by atoms with van der Waals surface area (Å²) in [6.45, 7) is -0.410. The standard InChI is InChI=1S/C18H24F2N2O5S/c1-26-13-5-3-12(4-6-13)11-22(28(24,25)14-7-8-14)16-10-21-15(18(16,19)20)9-17(23)27-2/h3-6,14-16,21H,7-11H2,1-2H3/t15-,16-/m1/s1. The van der Waals surface area contributed by atoms with Crippen LogP contribution in [-0.2, 0) is 26.1 Å². The van der Waals surface area contributed by atoms with Crippen molar-refractivity contribution in [3.05, 3.63) is 29.8 Å². The molecule has 0 spiro atoms. The van der Waals surface area contributed by atoms with E-state index in [1.807, 2.05) is 0 Å². The number of nitrogens with one attached hydrogen (secondary N) is 1. The highest BCUT2D eigenvalue weighted by atomic mass is 32.2. The molecular weight excluding hydrogens is 394 g/mol. The summed E-state index contributed by atoms with van der Waals surface area (Å²) in [4.78, 5) is 11.5. The van der Waals surface area contributed by atoms with Crippen molar-refractivity contribution in [3.8, 4) is 5.75 Å². The van der Waals surface area contributed by atoms with E-state index in [0.717, 1.165) is 11.4 Å². The summed E-state index contributed by atoms with van der Waals surface area (Å²) in [6, 6.07) is 3.57. The molecule has 2 atom stereocenters. The van der Waals surface area contributed by atoms with Crippen LogP contribution in [0.5, 0.6) is 5.75 Å². The van der Waals surface area contributed by atoms with Crippen molar-refractivity contribution in [3.63, 3.8) is 0 Å². The molecular formula is C18H24F2N2O5S. The Labute approximate surface area is 163 Å². The Morgan fingerprint density at radius 1 is 1.25 bits per heavy atom. The molecule has 1 N–H and O–H groups in total. The molecule has 0 unspecified atom stereocenters. The van der Waals surface area contributed by atoms with Crippen molar-refractivity contribution in [2.75, 3.05) is 20.8 Å². The second-order valence-corrected chi connectivity index (χ2v) is 9.23. The molecule has 0 radical (unpaired) electrons. The number of hydrogen-bond donors (Lipinski definition) is 1. The maximum atomic E-state index is 15.1. The number of alkyl halides is 2. The van der Waals surface area contributed by atoms with Crippen LogP contribution < -0.4 is 10.1 Å². The Balaban J connectivity index is 1.87. The first-order valence-corrected chi connectivity index (χ1v) is 10.5. The minimum Gasteiger partial charge on any atom is -0.497 e. The largest absolute Gasteiger partial charge is 0.497 e. The van der Waals surface area contributed by atoms with Gasteiger partial charge in [-0.05, 0) is 30.5 Å². The van der Waals surface area contributed by atoms with E-state index >= 15 is 8.78 Å². The first-order chi connectivity index (χ1) is 13.2. The van der Waals surface area contributed by atoms with Gasteiger partial charge in [0.25, 0.3) is 5.92 Å². The lowest BCUT2D eigenvalue weighted by Crippen LogP contribution is -2.52. The summed E-state index contributed by atoms with van der Waals surface area (Å²) in [5, 5.41) is 1.98. The number of carbonyl (C=O) groups is 1. The second kappa shape index (κ2) is 7.92. The molecule has 10 heteroatoms. The molecule has 0 amide bonds. The lowest BCUT2D eigenvalue weighted by Gasteiger charge is -2.32. The molecule has 0 bridgehead atoms. The van der Waals surface area contributed by atoms with Crippen LogP contribution in [0.4, 0.5) is 8.78 Å². The molecule has 3 rings (SSSR count). The zero-order valence-electron chi connectivity index (χ0n) is 15.7. The van der Waals surface area contributed by atoms with Gasteiger partial charge in [0.05, 0.1) is 31.9 Å². The fourth-order valence-electron chi connectivity index (χ4n) is 3.36. The van der Waals surface area contributed by atoms with Gasteiger partial charge in [0.1, 0.15) is 11.8 Å². The van der Waals surface area contributed by atoms with E-state index in [1.165, 1.54) is 7.11 Å². The number of nitrogens with zero attached hydrogens (tertiary/aromatic N) is 1. The fourth-order valence-corrected chi connectivity index (χ4v) is 5.37. The third-order valence-corrected chi connectivity index (χ3v) is 7.53. The number of ether oxygens (including phenoxy) is 2. The minimum atomic E-state index is -3.89. The topological polar surface area (TPSA) is 84.9 Å². The van der Waals surface area contributed by atoms with E-state index in [2.05, 4.69) is 10.1 Å². The number of hydrogen-bond acceptors (Lipinski definition) is 6. The van der Waals surface area contributed by atoms with Crippen LogP contribution in [0, 0.1) is 0 Å². The van der Waals surface area contributed by atoms with Crippen molar-refractivity contribution in [2.45, 2.75) is 49.1 Å². The number of carbonyl (C=O) groups excluding carboxylic acids is 1.